The van der Waals surface area contributed by atoms with Gasteiger partial charge < -0.3 is 19.9 Å². The summed E-state index contributed by atoms with van der Waals surface area (Å²) < 4.78 is 7.59. The SMILES string of the molecule is CC(C)C(NC(=O)N1CCn2c1nc1ccccc12)C(=O)NCC1CCCO1. The highest BCUT2D eigenvalue weighted by molar-refractivity contribution is 5.96. The second kappa shape index (κ2) is 7.79. The molecule has 8 heteroatoms. The van der Waals surface area contributed by atoms with E-state index in [0.29, 0.717) is 25.6 Å². The third-order valence-corrected chi connectivity index (χ3v) is 5.42. The molecule has 2 aliphatic rings. The van der Waals surface area contributed by atoms with Gasteiger partial charge in [0.1, 0.15) is 6.04 Å². The standard InChI is InChI=1S/C20H27N5O3/c1-13(2)17(18(26)21-12-14-6-5-11-28-14)23-20(27)25-10-9-24-16-8-4-3-7-15(16)22-19(24)25/h3-4,7-8,13-14,17H,5-6,9-12H2,1-2H3,(H,21,26)(H,23,27). The number of benzene rings is 1. The molecule has 150 valence electrons. The van der Waals surface area contributed by atoms with Crippen molar-refractivity contribution in [3.63, 3.8) is 0 Å². The lowest BCUT2D eigenvalue weighted by Crippen LogP contribution is -2.54. The molecule has 2 atom stereocenters. The number of ether oxygens (including phenoxy) is 1. The maximum Gasteiger partial charge on any atom is 0.324 e. The predicted molar refractivity (Wildman–Crippen MR) is 106 cm³/mol. The summed E-state index contributed by atoms with van der Waals surface area (Å²) in [5.74, 6) is 0.419. The average molecular weight is 385 g/mol. The summed E-state index contributed by atoms with van der Waals surface area (Å²) in [6, 6.07) is 6.94. The number of nitrogens with zero attached hydrogens (tertiary/aromatic N) is 3. The summed E-state index contributed by atoms with van der Waals surface area (Å²) in [4.78, 5) is 31.8. The zero-order valence-corrected chi connectivity index (χ0v) is 16.4. The molecule has 0 saturated carbocycles. The van der Waals surface area contributed by atoms with Gasteiger partial charge in [-0.05, 0) is 30.9 Å². The zero-order valence-electron chi connectivity index (χ0n) is 16.4. The number of aromatic nitrogens is 2. The van der Waals surface area contributed by atoms with Gasteiger partial charge >= 0.3 is 6.03 Å². The lowest BCUT2D eigenvalue weighted by atomic mass is 10.0. The largest absolute Gasteiger partial charge is 0.376 e. The summed E-state index contributed by atoms with van der Waals surface area (Å²) in [7, 11) is 0. The molecule has 1 aromatic carbocycles. The Labute approximate surface area is 164 Å². The first-order valence-corrected chi connectivity index (χ1v) is 9.97. The second-order valence-corrected chi connectivity index (χ2v) is 7.76. The van der Waals surface area contributed by atoms with Crippen molar-refractivity contribution in [3.05, 3.63) is 24.3 Å². The number of hydrogen-bond donors (Lipinski definition) is 2. The first-order chi connectivity index (χ1) is 13.5. The zero-order chi connectivity index (χ0) is 19.7. The Morgan fingerprint density at radius 2 is 2.11 bits per heavy atom. The third-order valence-electron chi connectivity index (χ3n) is 5.42. The van der Waals surface area contributed by atoms with Crippen LogP contribution in [0.3, 0.4) is 0 Å². The summed E-state index contributed by atoms with van der Waals surface area (Å²) in [5, 5.41) is 5.82. The van der Waals surface area contributed by atoms with Gasteiger partial charge in [0, 0.05) is 26.2 Å². The molecular formula is C20H27N5O3. The molecule has 28 heavy (non-hydrogen) atoms. The van der Waals surface area contributed by atoms with E-state index < -0.39 is 6.04 Å². The molecule has 1 saturated heterocycles. The van der Waals surface area contributed by atoms with E-state index in [1.54, 1.807) is 4.90 Å². The van der Waals surface area contributed by atoms with Crippen molar-refractivity contribution in [3.8, 4) is 0 Å². The van der Waals surface area contributed by atoms with Crippen LogP contribution in [0.1, 0.15) is 26.7 Å². The maximum absolute atomic E-state index is 12.9. The number of para-hydroxylation sites is 2. The molecule has 2 N–H and O–H groups in total. The Bertz CT molecular complexity index is 872. The lowest BCUT2D eigenvalue weighted by molar-refractivity contribution is -0.124. The number of urea groups is 1. The summed E-state index contributed by atoms with van der Waals surface area (Å²) in [6.45, 7) is 6.33. The van der Waals surface area contributed by atoms with Crippen LogP contribution in [0, 0.1) is 5.92 Å². The summed E-state index contributed by atoms with van der Waals surface area (Å²) >= 11 is 0. The number of carbonyl (C=O) groups excluding carboxylic acids is 2. The minimum atomic E-state index is -0.604. The van der Waals surface area contributed by atoms with Gasteiger partial charge in [-0.1, -0.05) is 26.0 Å². The number of amides is 3. The first-order valence-electron chi connectivity index (χ1n) is 9.97. The number of hydrogen-bond acceptors (Lipinski definition) is 4. The van der Waals surface area contributed by atoms with E-state index in [0.717, 1.165) is 30.5 Å². The van der Waals surface area contributed by atoms with Crippen molar-refractivity contribution in [2.45, 2.75) is 45.4 Å². The molecule has 4 rings (SSSR count). The van der Waals surface area contributed by atoms with E-state index in [2.05, 4.69) is 15.6 Å². The molecule has 1 aromatic heterocycles. The van der Waals surface area contributed by atoms with Gasteiger partial charge in [-0.2, -0.15) is 0 Å². The maximum atomic E-state index is 12.9. The number of carbonyl (C=O) groups is 2. The fourth-order valence-corrected chi connectivity index (χ4v) is 3.86. The molecule has 1 fully saturated rings. The Kier molecular flexibility index (Phi) is 5.21. The van der Waals surface area contributed by atoms with Crippen LogP contribution in [-0.2, 0) is 16.1 Å². The number of rotatable bonds is 5. The van der Waals surface area contributed by atoms with Crippen molar-refractivity contribution < 1.29 is 14.3 Å². The van der Waals surface area contributed by atoms with Crippen molar-refractivity contribution in [2.75, 3.05) is 24.6 Å². The van der Waals surface area contributed by atoms with E-state index in [4.69, 9.17) is 4.74 Å². The smallest absolute Gasteiger partial charge is 0.324 e. The summed E-state index contributed by atoms with van der Waals surface area (Å²) in [6.07, 6.45) is 2.06. The normalized spacial score (nSPS) is 19.8. The number of imidazole rings is 1. The number of anilines is 1. The van der Waals surface area contributed by atoms with Crippen LogP contribution in [0.2, 0.25) is 0 Å². The van der Waals surface area contributed by atoms with E-state index in [1.165, 1.54) is 0 Å². The van der Waals surface area contributed by atoms with Crippen LogP contribution >= 0.6 is 0 Å². The molecule has 8 nitrogen and oxygen atoms in total. The van der Waals surface area contributed by atoms with Crippen LogP contribution < -0.4 is 15.5 Å². The van der Waals surface area contributed by atoms with Crippen molar-refractivity contribution in [2.24, 2.45) is 5.92 Å². The molecule has 3 amide bonds. The minimum Gasteiger partial charge on any atom is -0.376 e. The quantitative estimate of drug-likeness (QED) is 0.823. The monoisotopic (exact) mass is 385 g/mol. The molecule has 0 aliphatic carbocycles. The molecule has 2 aromatic rings. The van der Waals surface area contributed by atoms with Gasteiger partial charge in [0.2, 0.25) is 11.9 Å². The van der Waals surface area contributed by atoms with Crippen LogP contribution in [0.5, 0.6) is 0 Å². The predicted octanol–water partition coefficient (Wildman–Crippen LogP) is 1.89. The fourth-order valence-electron chi connectivity index (χ4n) is 3.86. The molecule has 3 heterocycles. The topological polar surface area (TPSA) is 88.5 Å². The van der Waals surface area contributed by atoms with E-state index >= 15 is 0 Å². The minimum absolute atomic E-state index is 0.0325. The van der Waals surface area contributed by atoms with Crippen LogP contribution in [0.4, 0.5) is 10.7 Å². The van der Waals surface area contributed by atoms with Crippen LogP contribution in [0.25, 0.3) is 11.0 Å². The van der Waals surface area contributed by atoms with E-state index in [1.807, 2.05) is 42.7 Å². The average Bonchev–Trinajstić information content (AvgIpc) is 3.40. The van der Waals surface area contributed by atoms with Gasteiger partial charge in [-0.3, -0.25) is 9.69 Å². The molecule has 0 spiro atoms. The number of nitrogens with one attached hydrogen (secondary N) is 2. The van der Waals surface area contributed by atoms with Crippen molar-refractivity contribution in [1.29, 1.82) is 0 Å². The molecule has 0 bridgehead atoms. The molecule has 0 radical (unpaired) electrons. The Morgan fingerprint density at radius 1 is 1.29 bits per heavy atom. The molecular weight excluding hydrogens is 358 g/mol. The summed E-state index contributed by atoms with van der Waals surface area (Å²) in [5.41, 5.74) is 1.88. The molecule has 2 aliphatic heterocycles. The Balaban J connectivity index is 1.43. The van der Waals surface area contributed by atoms with Gasteiger partial charge in [-0.25, -0.2) is 9.78 Å². The van der Waals surface area contributed by atoms with Gasteiger partial charge in [0.05, 0.1) is 17.1 Å². The van der Waals surface area contributed by atoms with Gasteiger partial charge in [-0.15, -0.1) is 0 Å². The van der Waals surface area contributed by atoms with Crippen LogP contribution in [0.15, 0.2) is 24.3 Å². The van der Waals surface area contributed by atoms with Gasteiger partial charge in [0.15, 0.2) is 0 Å². The van der Waals surface area contributed by atoms with Crippen LogP contribution in [-0.4, -0.2) is 53.3 Å². The third kappa shape index (κ3) is 3.56. The lowest BCUT2D eigenvalue weighted by Gasteiger charge is -2.25. The van der Waals surface area contributed by atoms with E-state index in [-0.39, 0.29) is 24.0 Å². The van der Waals surface area contributed by atoms with Crippen molar-refractivity contribution in [1.82, 2.24) is 20.2 Å². The first kappa shape index (κ1) is 18.7. The van der Waals surface area contributed by atoms with E-state index in [9.17, 15) is 9.59 Å². The highest BCUT2D eigenvalue weighted by Crippen LogP contribution is 2.27. The van der Waals surface area contributed by atoms with Crippen molar-refractivity contribution >= 4 is 28.9 Å². The highest BCUT2D eigenvalue weighted by Gasteiger charge is 2.32. The fraction of sp³-hybridized carbons (Fsp3) is 0.550. The second-order valence-electron chi connectivity index (χ2n) is 7.76. The Hall–Kier alpha value is -2.61. The van der Waals surface area contributed by atoms with Gasteiger partial charge in [0.25, 0.3) is 0 Å². The Morgan fingerprint density at radius 3 is 2.86 bits per heavy atom. The number of fused-ring (bicyclic) bond motifs is 3. The molecule has 2 unspecified atom stereocenters. The highest BCUT2D eigenvalue weighted by atomic mass is 16.5.